The molecule has 2 atom stereocenters. The number of nitrogens with two attached hydrogens (primary N) is 1. The Kier molecular flexibility index (Phi) is 4.22. The minimum absolute atomic E-state index is 0.144. The lowest BCUT2D eigenvalue weighted by atomic mass is 9.96. The molecule has 20 heavy (non-hydrogen) atoms. The van der Waals surface area contributed by atoms with Crippen LogP contribution in [0.4, 0.5) is 5.69 Å². The van der Waals surface area contributed by atoms with Crippen molar-refractivity contribution in [1.29, 1.82) is 0 Å². The van der Waals surface area contributed by atoms with Gasteiger partial charge in [-0.05, 0) is 23.9 Å². The molecule has 2 rings (SSSR count). The topological polar surface area (TPSA) is 92.8 Å². The van der Waals surface area contributed by atoms with Gasteiger partial charge >= 0.3 is 5.97 Å². The molecule has 5 nitrogen and oxygen atoms in total. The van der Waals surface area contributed by atoms with E-state index in [0.717, 1.165) is 5.39 Å². The van der Waals surface area contributed by atoms with Crippen LogP contribution in [0.5, 0.6) is 0 Å². The summed E-state index contributed by atoms with van der Waals surface area (Å²) in [7, 11) is 0. The molecular formula is C15H17NO4. The number of rotatable bonds is 4. The molecule has 0 amide bonds. The van der Waals surface area contributed by atoms with Crippen LogP contribution >= 0.6 is 0 Å². The van der Waals surface area contributed by atoms with E-state index in [1.165, 1.54) is 0 Å². The molecule has 2 aromatic carbocycles. The summed E-state index contributed by atoms with van der Waals surface area (Å²) in [5.74, 6) is -0.846. The Morgan fingerprint density at radius 2 is 1.85 bits per heavy atom. The first-order chi connectivity index (χ1) is 9.56. The first-order valence-corrected chi connectivity index (χ1v) is 6.36. The first-order valence-electron chi connectivity index (χ1n) is 6.36. The molecule has 0 aromatic heterocycles. The number of carbonyl (C=O) groups excluding carboxylic acids is 1. The summed E-state index contributed by atoms with van der Waals surface area (Å²) in [6.07, 6.45) is -2.98. The van der Waals surface area contributed by atoms with Gasteiger partial charge in [-0.2, -0.15) is 0 Å². The molecule has 0 bridgehead atoms. The van der Waals surface area contributed by atoms with Crippen molar-refractivity contribution in [1.82, 2.24) is 0 Å². The highest BCUT2D eigenvalue weighted by Crippen LogP contribution is 2.29. The van der Waals surface area contributed by atoms with Gasteiger partial charge in [-0.15, -0.1) is 0 Å². The van der Waals surface area contributed by atoms with Crippen LogP contribution in [0.15, 0.2) is 36.4 Å². The van der Waals surface area contributed by atoms with Crippen LogP contribution in [-0.4, -0.2) is 28.9 Å². The second-order valence-corrected chi connectivity index (χ2v) is 4.43. The Labute approximate surface area is 116 Å². The highest BCUT2D eigenvalue weighted by molar-refractivity contribution is 5.95. The van der Waals surface area contributed by atoms with Gasteiger partial charge in [0, 0.05) is 11.1 Å². The molecule has 2 unspecified atom stereocenters. The summed E-state index contributed by atoms with van der Waals surface area (Å²) in [6.45, 7) is 1.78. The zero-order valence-corrected chi connectivity index (χ0v) is 11.1. The van der Waals surface area contributed by atoms with E-state index in [1.807, 2.05) is 6.07 Å². The number of aliphatic hydroxyl groups is 2. The monoisotopic (exact) mass is 275 g/mol. The van der Waals surface area contributed by atoms with Crippen molar-refractivity contribution < 1.29 is 19.7 Å². The number of hydrogen-bond donors (Lipinski definition) is 3. The SMILES string of the molecule is CCOC(=O)C(O)C(O)c1cccc2c(N)cccc12. The number of benzene rings is 2. The maximum absolute atomic E-state index is 11.5. The fourth-order valence-electron chi connectivity index (χ4n) is 2.14. The number of carbonyl (C=O) groups is 1. The highest BCUT2D eigenvalue weighted by Gasteiger charge is 2.28. The summed E-state index contributed by atoms with van der Waals surface area (Å²) < 4.78 is 4.71. The summed E-state index contributed by atoms with van der Waals surface area (Å²) in [4.78, 5) is 11.5. The van der Waals surface area contributed by atoms with Gasteiger partial charge in [0.2, 0.25) is 0 Å². The van der Waals surface area contributed by atoms with E-state index in [1.54, 1.807) is 37.3 Å². The van der Waals surface area contributed by atoms with E-state index in [0.29, 0.717) is 16.6 Å². The van der Waals surface area contributed by atoms with Crippen LogP contribution in [0.2, 0.25) is 0 Å². The quantitative estimate of drug-likeness (QED) is 0.579. The fourth-order valence-corrected chi connectivity index (χ4v) is 2.14. The summed E-state index contributed by atoms with van der Waals surface area (Å²) >= 11 is 0. The maximum Gasteiger partial charge on any atom is 0.338 e. The van der Waals surface area contributed by atoms with E-state index in [-0.39, 0.29) is 6.61 Å². The summed E-state index contributed by atoms with van der Waals surface area (Å²) in [5.41, 5.74) is 6.88. The maximum atomic E-state index is 11.5. The molecule has 0 spiro atoms. The third-order valence-electron chi connectivity index (χ3n) is 3.14. The van der Waals surface area contributed by atoms with Crippen LogP contribution in [0, 0.1) is 0 Å². The van der Waals surface area contributed by atoms with Gasteiger partial charge in [0.25, 0.3) is 0 Å². The van der Waals surface area contributed by atoms with Crippen molar-refractivity contribution in [3.63, 3.8) is 0 Å². The van der Waals surface area contributed by atoms with E-state index >= 15 is 0 Å². The zero-order valence-electron chi connectivity index (χ0n) is 11.1. The predicted octanol–water partition coefficient (Wildman–Crippen LogP) is 1.38. The average molecular weight is 275 g/mol. The van der Waals surface area contributed by atoms with Gasteiger partial charge in [-0.25, -0.2) is 4.79 Å². The smallest absolute Gasteiger partial charge is 0.338 e. The van der Waals surface area contributed by atoms with Gasteiger partial charge in [-0.1, -0.05) is 30.3 Å². The van der Waals surface area contributed by atoms with Crippen molar-refractivity contribution in [2.45, 2.75) is 19.1 Å². The van der Waals surface area contributed by atoms with Crippen LogP contribution in [-0.2, 0) is 9.53 Å². The van der Waals surface area contributed by atoms with Crippen LogP contribution in [0.1, 0.15) is 18.6 Å². The lowest BCUT2D eigenvalue weighted by Crippen LogP contribution is -2.30. The summed E-state index contributed by atoms with van der Waals surface area (Å²) in [5, 5.41) is 21.5. The standard InChI is InChI=1S/C15H17NO4/c1-2-20-15(19)14(18)13(17)11-7-3-6-10-9(11)5-4-8-12(10)16/h3-8,13-14,17-18H,2,16H2,1H3. The van der Waals surface area contributed by atoms with Crippen LogP contribution in [0.3, 0.4) is 0 Å². The third kappa shape index (κ3) is 2.59. The van der Waals surface area contributed by atoms with Crippen molar-refractivity contribution >= 4 is 22.4 Å². The van der Waals surface area contributed by atoms with Crippen LogP contribution < -0.4 is 5.73 Å². The molecule has 0 aliphatic rings. The Hall–Kier alpha value is -2.11. The number of esters is 1. The number of fused-ring (bicyclic) bond motifs is 1. The van der Waals surface area contributed by atoms with Gasteiger partial charge in [-0.3, -0.25) is 0 Å². The number of hydrogen-bond acceptors (Lipinski definition) is 5. The predicted molar refractivity (Wildman–Crippen MR) is 76.0 cm³/mol. The largest absolute Gasteiger partial charge is 0.464 e. The molecule has 4 N–H and O–H groups in total. The molecule has 0 saturated carbocycles. The van der Waals surface area contributed by atoms with Crippen molar-refractivity contribution in [2.24, 2.45) is 0 Å². The second-order valence-electron chi connectivity index (χ2n) is 4.43. The minimum atomic E-state index is -1.62. The van der Waals surface area contributed by atoms with Crippen LogP contribution in [0.25, 0.3) is 10.8 Å². The Morgan fingerprint density at radius 1 is 1.20 bits per heavy atom. The molecule has 2 aromatic rings. The molecule has 0 saturated heterocycles. The molecule has 0 heterocycles. The van der Waals surface area contributed by atoms with Crippen molar-refractivity contribution in [3.05, 3.63) is 42.0 Å². The van der Waals surface area contributed by atoms with Gasteiger partial charge < -0.3 is 20.7 Å². The van der Waals surface area contributed by atoms with Crippen molar-refractivity contribution in [3.8, 4) is 0 Å². The number of anilines is 1. The van der Waals surface area contributed by atoms with Gasteiger partial charge in [0.1, 0.15) is 6.10 Å². The van der Waals surface area contributed by atoms with Gasteiger partial charge in [0.05, 0.1) is 6.61 Å². The average Bonchev–Trinajstić information content (AvgIpc) is 2.46. The molecule has 5 heteroatoms. The molecule has 0 radical (unpaired) electrons. The molecule has 0 aliphatic carbocycles. The molecule has 0 fully saturated rings. The normalized spacial score (nSPS) is 13.9. The van der Waals surface area contributed by atoms with E-state index in [4.69, 9.17) is 10.5 Å². The third-order valence-corrected chi connectivity index (χ3v) is 3.14. The zero-order chi connectivity index (χ0) is 14.7. The Bertz CT molecular complexity index is 626. The first kappa shape index (κ1) is 14.3. The van der Waals surface area contributed by atoms with Gasteiger partial charge in [0.15, 0.2) is 6.10 Å². The minimum Gasteiger partial charge on any atom is -0.464 e. The van der Waals surface area contributed by atoms with E-state index in [2.05, 4.69) is 0 Å². The molecular weight excluding hydrogens is 258 g/mol. The summed E-state index contributed by atoms with van der Waals surface area (Å²) in [6, 6.07) is 10.5. The fraction of sp³-hybridized carbons (Fsp3) is 0.267. The molecule has 106 valence electrons. The number of nitrogen functional groups attached to an aromatic ring is 1. The number of ether oxygens (including phenoxy) is 1. The number of aliphatic hydroxyl groups excluding tert-OH is 2. The lowest BCUT2D eigenvalue weighted by molar-refractivity contribution is -0.159. The molecule has 0 aliphatic heterocycles. The Morgan fingerprint density at radius 3 is 2.55 bits per heavy atom. The van der Waals surface area contributed by atoms with Crippen molar-refractivity contribution in [2.75, 3.05) is 12.3 Å². The lowest BCUT2D eigenvalue weighted by Gasteiger charge is -2.18. The highest BCUT2D eigenvalue weighted by atomic mass is 16.5. The Balaban J connectivity index is 2.42. The van der Waals surface area contributed by atoms with E-state index < -0.39 is 18.2 Å². The van der Waals surface area contributed by atoms with E-state index in [9.17, 15) is 15.0 Å². The second kappa shape index (κ2) is 5.90.